The van der Waals surface area contributed by atoms with E-state index >= 15 is 0 Å². The van der Waals surface area contributed by atoms with Gasteiger partial charge in [0.25, 0.3) is 5.95 Å². The summed E-state index contributed by atoms with van der Waals surface area (Å²) in [6, 6.07) is 12.1. The van der Waals surface area contributed by atoms with Crippen molar-refractivity contribution >= 4 is 34.2 Å². The van der Waals surface area contributed by atoms with E-state index in [1.165, 1.54) is 16.7 Å². The number of nitrogens with zero attached hydrogens (tertiary/aromatic N) is 4. The molecule has 0 aliphatic rings. The number of rotatable bonds is 3. The zero-order valence-electron chi connectivity index (χ0n) is 14.3. The Morgan fingerprint density at radius 2 is 1.84 bits per heavy atom. The number of nitrogens with one attached hydrogen (secondary N) is 2. The molecular formula is C19H18N6. The molecule has 0 atom stereocenters. The summed E-state index contributed by atoms with van der Waals surface area (Å²) in [4.78, 5) is 7.69. The molecule has 0 saturated heterocycles. The van der Waals surface area contributed by atoms with Crippen molar-refractivity contribution < 1.29 is 0 Å². The number of fused-ring (bicyclic) bond motifs is 3. The van der Waals surface area contributed by atoms with Gasteiger partial charge >= 0.3 is 0 Å². The molecule has 0 amide bonds. The highest BCUT2D eigenvalue weighted by molar-refractivity contribution is 6.03. The maximum absolute atomic E-state index is 4.44. The van der Waals surface area contributed by atoms with Crippen molar-refractivity contribution in [3.05, 3.63) is 58.7 Å². The highest BCUT2D eigenvalue weighted by atomic mass is 15.4. The smallest absolute Gasteiger partial charge is 0.265 e. The molecule has 0 spiro atoms. The first-order valence-electron chi connectivity index (χ1n) is 8.10. The molecule has 0 saturated carbocycles. The molecule has 6 nitrogen and oxygen atoms in total. The number of hydrazone groups is 1. The summed E-state index contributed by atoms with van der Waals surface area (Å²) in [7, 11) is 0. The molecule has 2 aromatic carbocycles. The van der Waals surface area contributed by atoms with Crippen molar-refractivity contribution in [1.82, 2.24) is 20.2 Å². The fourth-order valence-electron chi connectivity index (χ4n) is 2.84. The summed E-state index contributed by atoms with van der Waals surface area (Å²) in [6.45, 7) is 6.32. The minimum absolute atomic E-state index is 0.358. The minimum atomic E-state index is 0.358. The van der Waals surface area contributed by atoms with Gasteiger partial charge in [0, 0.05) is 10.9 Å². The van der Waals surface area contributed by atoms with Crippen molar-refractivity contribution in [2.24, 2.45) is 5.10 Å². The Bertz CT molecular complexity index is 1110. The van der Waals surface area contributed by atoms with Gasteiger partial charge in [-0.25, -0.2) is 5.43 Å². The second-order valence-electron chi connectivity index (χ2n) is 6.09. The van der Waals surface area contributed by atoms with Crippen LogP contribution in [0.15, 0.2) is 41.5 Å². The average molecular weight is 330 g/mol. The van der Waals surface area contributed by atoms with E-state index in [0.717, 1.165) is 22.0 Å². The molecule has 4 aromatic rings. The summed E-state index contributed by atoms with van der Waals surface area (Å²) in [6.07, 6.45) is 1.78. The molecule has 2 N–H and O–H groups in total. The maximum Gasteiger partial charge on any atom is 0.265 e. The number of H-pyrrole nitrogens is 1. The fourth-order valence-corrected chi connectivity index (χ4v) is 2.84. The second-order valence-corrected chi connectivity index (χ2v) is 6.09. The summed E-state index contributed by atoms with van der Waals surface area (Å²) in [5.74, 6) is 0.358. The first-order valence-corrected chi connectivity index (χ1v) is 8.10. The van der Waals surface area contributed by atoms with Crippen LogP contribution < -0.4 is 5.43 Å². The Labute approximate surface area is 145 Å². The Kier molecular flexibility index (Phi) is 3.65. The lowest BCUT2D eigenvalue weighted by Gasteiger charge is -2.07. The number of aromatic amines is 1. The first-order chi connectivity index (χ1) is 12.1. The minimum Gasteiger partial charge on any atom is -0.338 e. The lowest BCUT2D eigenvalue weighted by molar-refractivity contribution is 1.01. The molecule has 0 radical (unpaired) electrons. The SMILES string of the molecule is Cc1ccc(/C=N/Nc2nnc3c(n2)[nH]c2ccccc23)c(C)c1C. The summed E-state index contributed by atoms with van der Waals surface area (Å²) in [5, 5.41) is 13.6. The number of aryl methyl sites for hydroxylation is 1. The van der Waals surface area contributed by atoms with Crippen molar-refractivity contribution in [2.45, 2.75) is 20.8 Å². The Morgan fingerprint density at radius 3 is 2.72 bits per heavy atom. The van der Waals surface area contributed by atoms with Crippen molar-refractivity contribution in [1.29, 1.82) is 0 Å². The number of anilines is 1. The largest absolute Gasteiger partial charge is 0.338 e. The van der Waals surface area contributed by atoms with Gasteiger partial charge in [0.1, 0.15) is 5.52 Å². The highest BCUT2D eigenvalue weighted by Crippen LogP contribution is 2.21. The topological polar surface area (TPSA) is 78.8 Å². The number of hydrogen-bond acceptors (Lipinski definition) is 5. The Hall–Kier alpha value is -3.28. The van der Waals surface area contributed by atoms with Gasteiger partial charge in [0.05, 0.1) is 6.21 Å². The molecule has 4 rings (SSSR count). The van der Waals surface area contributed by atoms with E-state index in [4.69, 9.17) is 0 Å². The molecule has 0 bridgehead atoms. The molecule has 0 unspecified atom stereocenters. The summed E-state index contributed by atoms with van der Waals surface area (Å²) >= 11 is 0. The van der Waals surface area contributed by atoms with Crippen molar-refractivity contribution in [3.63, 3.8) is 0 Å². The molecule has 124 valence electrons. The Morgan fingerprint density at radius 1 is 1.00 bits per heavy atom. The molecule has 0 aliphatic heterocycles. The highest BCUT2D eigenvalue weighted by Gasteiger charge is 2.08. The van der Waals surface area contributed by atoms with Crippen LogP contribution in [-0.2, 0) is 0 Å². The monoisotopic (exact) mass is 330 g/mol. The third kappa shape index (κ3) is 2.71. The lowest BCUT2D eigenvalue weighted by atomic mass is 10.00. The van der Waals surface area contributed by atoms with E-state index in [2.05, 4.69) is 63.6 Å². The molecular weight excluding hydrogens is 312 g/mol. The van der Waals surface area contributed by atoms with Crippen LogP contribution in [0.4, 0.5) is 5.95 Å². The van der Waals surface area contributed by atoms with Crippen LogP contribution in [0.3, 0.4) is 0 Å². The number of aromatic nitrogens is 4. The van der Waals surface area contributed by atoms with Crippen molar-refractivity contribution in [3.8, 4) is 0 Å². The fraction of sp³-hybridized carbons (Fsp3) is 0.158. The van der Waals surface area contributed by atoms with E-state index in [0.29, 0.717) is 11.6 Å². The van der Waals surface area contributed by atoms with Crippen LogP contribution >= 0.6 is 0 Å². The summed E-state index contributed by atoms with van der Waals surface area (Å²) in [5.41, 5.74) is 10.1. The molecule has 25 heavy (non-hydrogen) atoms. The predicted octanol–water partition coefficient (Wildman–Crippen LogP) is 3.88. The number of hydrogen-bond donors (Lipinski definition) is 2. The van der Waals surface area contributed by atoms with Crippen LogP contribution in [0, 0.1) is 20.8 Å². The third-order valence-electron chi connectivity index (χ3n) is 4.59. The lowest BCUT2D eigenvalue weighted by Crippen LogP contribution is -2.00. The van der Waals surface area contributed by atoms with Gasteiger partial charge in [0.15, 0.2) is 5.65 Å². The standard InChI is InChI=1S/C19H18N6/c1-11-8-9-14(13(3)12(11)2)10-20-24-19-22-18-17(23-25-19)15-6-4-5-7-16(15)21-18/h4-10H,1-3H3,(H2,21,22,24,25)/b20-10+. The Balaban J connectivity index is 1.61. The second kappa shape index (κ2) is 5.98. The van der Waals surface area contributed by atoms with E-state index in [-0.39, 0.29) is 0 Å². The van der Waals surface area contributed by atoms with Gasteiger partial charge in [-0.2, -0.15) is 10.1 Å². The normalized spacial score (nSPS) is 11.6. The first kappa shape index (κ1) is 15.3. The van der Waals surface area contributed by atoms with Gasteiger partial charge in [0.2, 0.25) is 0 Å². The van der Waals surface area contributed by atoms with Crippen LogP contribution in [0.2, 0.25) is 0 Å². The van der Waals surface area contributed by atoms with Crippen LogP contribution in [0.5, 0.6) is 0 Å². The van der Waals surface area contributed by atoms with E-state index < -0.39 is 0 Å². The molecule has 2 heterocycles. The van der Waals surface area contributed by atoms with Crippen LogP contribution in [-0.4, -0.2) is 26.4 Å². The van der Waals surface area contributed by atoms with Gasteiger partial charge < -0.3 is 4.98 Å². The zero-order chi connectivity index (χ0) is 17.4. The maximum atomic E-state index is 4.44. The van der Waals surface area contributed by atoms with E-state index in [9.17, 15) is 0 Å². The molecule has 0 fully saturated rings. The average Bonchev–Trinajstić information content (AvgIpc) is 2.99. The quantitative estimate of drug-likeness (QED) is 0.441. The van der Waals surface area contributed by atoms with Crippen molar-refractivity contribution in [2.75, 3.05) is 5.43 Å². The zero-order valence-corrected chi connectivity index (χ0v) is 14.3. The predicted molar refractivity (Wildman–Crippen MR) is 101 cm³/mol. The van der Waals surface area contributed by atoms with Crippen LogP contribution in [0.25, 0.3) is 22.1 Å². The van der Waals surface area contributed by atoms with Gasteiger partial charge in [-0.1, -0.05) is 30.3 Å². The molecule has 0 aliphatic carbocycles. The number of benzene rings is 2. The van der Waals surface area contributed by atoms with Gasteiger partial charge in [-0.05, 0) is 49.1 Å². The van der Waals surface area contributed by atoms with Gasteiger partial charge in [-0.3, -0.25) is 0 Å². The summed E-state index contributed by atoms with van der Waals surface area (Å²) < 4.78 is 0. The van der Waals surface area contributed by atoms with E-state index in [1.807, 2.05) is 24.3 Å². The van der Waals surface area contributed by atoms with E-state index in [1.54, 1.807) is 6.21 Å². The van der Waals surface area contributed by atoms with Crippen LogP contribution in [0.1, 0.15) is 22.3 Å². The number of para-hydroxylation sites is 1. The molecule has 6 heteroatoms. The van der Waals surface area contributed by atoms with Gasteiger partial charge in [-0.15, -0.1) is 10.2 Å². The third-order valence-corrected chi connectivity index (χ3v) is 4.59. The molecule has 2 aromatic heterocycles.